The lowest BCUT2D eigenvalue weighted by atomic mass is 10.1. The number of aromatic nitrogens is 7. The van der Waals surface area contributed by atoms with Crippen LogP contribution in [0.25, 0.3) is 22.2 Å². The molecule has 0 saturated carbocycles. The van der Waals surface area contributed by atoms with Crippen LogP contribution in [0.3, 0.4) is 0 Å². The Balaban J connectivity index is 1.21. The van der Waals surface area contributed by atoms with E-state index < -0.39 is 81.4 Å². The number of hydrogen-bond acceptors (Lipinski definition) is 18. The van der Waals surface area contributed by atoms with Crippen LogP contribution in [0, 0.1) is 0 Å². The van der Waals surface area contributed by atoms with Gasteiger partial charge in [-0.3, -0.25) is 32.4 Å². The predicted molar refractivity (Wildman–Crippen MR) is 159 cm³/mol. The van der Waals surface area contributed by atoms with E-state index in [0.717, 1.165) is 17.9 Å². The van der Waals surface area contributed by atoms with Gasteiger partial charge in [-0.1, -0.05) is 24.5 Å². The Bertz CT molecular complexity index is 1950. The molecule has 1 unspecified atom stereocenters. The number of aliphatic hydroxyl groups is 1. The molecule has 2 bridgehead atoms. The maximum absolute atomic E-state index is 16.0. The van der Waals surface area contributed by atoms with Crippen LogP contribution in [0.2, 0.25) is 0 Å². The summed E-state index contributed by atoms with van der Waals surface area (Å²) in [5.74, 6) is -0.163. The Hall–Kier alpha value is -2.27. The second-order valence-corrected chi connectivity index (χ2v) is 16.6. The maximum atomic E-state index is 16.0. The van der Waals surface area contributed by atoms with Gasteiger partial charge >= 0.3 is 13.6 Å². The number of thiol groups is 2. The standard InChI is InChI=1S/C20H22FN9O10P2S3/c21-7-12-6(38-19(7)30-4-26-10-16(22)24-3-25-17(10)30)2-36-42(34,44)40-13-11(31)5(1-35-41(33,43)39-12)37-14(13)15-8-9(29-45-15)18(32)28-20(23)27-8/h3-7,11-14,19,31H,1-2H2,(H,33,43)(H,34,44)(H2,22,24,25)(H3,23,27,28,32)/t5-,6-,7-,11-,12-,13-,14-,19-,41-,42?/m1/s1. The molecule has 0 amide bonds. The number of aliphatic hydroxyl groups excluding tert-OH is 1. The molecule has 3 aliphatic rings. The van der Waals surface area contributed by atoms with Gasteiger partial charge < -0.3 is 26.0 Å². The average molecular weight is 726 g/mol. The van der Waals surface area contributed by atoms with E-state index in [4.69, 9.17) is 39.0 Å². The normalized spacial score (nSPS) is 37.7. The van der Waals surface area contributed by atoms with Gasteiger partial charge in [0.05, 0.1) is 24.4 Å². The number of imidazole rings is 1. The molecular formula is C20H22FN9O10P2S3. The van der Waals surface area contributed by atoms with Crippen molar-refractivity contribution in [1.82, 2.24) is 33.9 Å². The van der Waals surface area contributed by atoms with Crippen molar-refractivity contribution >= 4 is 83.6 Å². The molecule has 0 aromatic carbocycles. The molecule has 0 spiro atoms. The van der Waals surface area contributed by atoms with Crippen LogP contribution in [0.15, 0.2) is 17.4 Å². The Morgan fingerprint density at radius 3 is 2.49 bits per heavy atom. The first-order valence-electron chi connectivity index (χ1n) is 12.8. The minimum absolute atomic E-state index is 0.0467. The number of rotatable bonds is 2. The van der Waals surface area contributed by atoms with Crippen molar-refractivity contribution in [3.63, 3.8) is 0 Å². The van der Waals surface area contributed by atoms with E-state index in [2.05, 4.69) is 53.8 Å². The molecule has 4 aromatic rings. The number of nitrogens with zero attached hydrogens (tertiary/aromatic N) is 6. The number of anilines is 2. The number of alkyl halides is 1. The molecule has 3 aliphatic heterocycles. The van der Waals surface area contributed by atoms with Gasteiger partial charge in [-0.25, -0.2) is 33.5 Å². The molecule has 242 valence electrons. The number of nitrogens with two attached hydrogens (primary N) is 2. The molecule has 3 saturated heterocycles. The number of hydrogen-bond donors (Lipinski definition) is 6. The smallest absolute Gasteiger partial charge is 0.386 e. The summed E-state index contributed by atoms with van der Waals surface area (Å²) < 4.78 is 82.1. The van der Waals surface area contributed by atoms with Gasteiger partial charge in [0, 0.05) is 0 Å². The third-order valence-corrected chi connectivity index (χ3v) is 11.3. The van der Waals surface area contributed by atoms with Crippen molar-refractivity contribution in [2.75, 3.05) is 24.7 Å². The number of nitrogen functional groups attached to an aromatic ring is 2. The lowest BCUT2D eigenvalue weighted by Crippen LogP contribution is -2.34. The average Bonchev–Trinajstić information content (AvgIpc) is 3.72. The van der Waals surface area contributed by atoms with E-state index >= 15 is 4.39 Å². The molecule has 10 atom stereocenters. The summed E-state index contributed by atoms with van der Waals surface area (Å²) in [5, 5.41) is 11.1. The summed E-state index contributed by atoms with van der Waals surface area (Å²) in [7, 11) is 0. The van der Waals surface area contributed by atoms with Crippen LogP contribution in [0.1, 0.15) is 17.2 Å². The van der Waals surface area contributed by atoms with Gasteiger partial charge in [0.25, 0.3) is 5.56 Å². The number of fused-ring (bicyclic) bond motifs is 5. The fraction of sp³-hybridized carbons (Fsp3) is 0.500. The van der Waals surface area contributed by atoms with E-state index in [1.807, 2.05) is 0 Å². The molecule has 3 fully saturated rings. The Morgan fingerprint density at radius 2 is 1.73 bits per heavy atom. The van der Waals surface area contributed by atoms with Gasteiger partial charge in [0.15, 0.2) is 29.4 Å². The molecule has 45 heavy (non-hydrogen) atoms. The molecule has 7 rings (SSSR count). The monoisotopic (exact) mass is 725 g/mol. The van der Waals surface area contributed by atoms with Crippen LogP contribution in [0.4, 0.5) is 16.2 Å². The number of ether oxygens (including phenoxy) is 2. The highest BCUT2D eigenvalue weighted by molar-refractivity contribution is 8.44. The Morgan fingerprint density at radius 1 is 1.02 bits per heavy atom. The van der Waals surface area contributed by atoms with E-state index in [0.29, 0.717) is 0 Å². The first kappa shape index (κ1) is 31.3. The zero-order chi connectivity index (χ0) is 31.8. The fourth-order valence-electron chi connectivity index (χ4n) is 5.21. The molecule has 25 heteroatoms. The first-order valence-corrected chi connectivity index (χ1v) is 19.0. The topological polar surface area (TPSA) is 264 Å². The third-order valence-electron chi connectivity index (χ3n) is 7.22. The minimum atomic E-state index is -4.40. The zero-order valence-electron chi connectivity index (χ0n) is 22.2. The van der Waals surface area contributed by atoms with E-state index in [-0.39, 0.29) is 38.8 Å². The molecule has 4 aromatic heterocycles. The quantitative estimate of drug-likeness (QED) is 0.126. The predicted octanol–water partition coefficient (Wildman–Crippen LogP) is 1.31. The van der Waals surface area contributed by atoms with Crippen molar-refractivity contribution in [1.29, 1.82) is 0 Å². The first-order chi connectivity index (χ1) is 21.3. The van der Waals surface area contributed by atoms with Crippen molar-refractivity contribution < 1.29 is 46.2 Å². The Labute approximate surface area is 264 Å². The van der Waals surface area contributed by atoms with Crippen LogP contribution in [-0.2, 0) is 36.7 Å². The van der Waals surface area contributed by atoms with Crippen LogP contribution in [-0.4, -0.2) is 88.9 Å². The fourth-order valence-corrected chi connectivity index (χ4v) is 9.04. The molecule has 7 heterocycles. The van der Waals surface area contributed by atoms with E-state index in [9.17, 15) is 19.0 Å². The summed E-state index contributed by atoms with van der Waals surface area (Å²) in [6.45, 7) is -10.1. The molecule has 6 N–H and O–H groups in total. The van der Waals surface area contributed by atoms with Gasteiger partial charge in [0.2, 0.25) is 5.95 Å². The summed E-state index contributed by atoms with van der Waals surface area (Å²) in [5.41, 5.74) is 11.2. The molecular weight excluding hydrogens is 703 g/mol. The Kier molecular flexibility index (Phi) is 7.98. The van der Waals surface area contributed by atoms with Crippen LogP contribution >= 0.6 is 49.6 Å². The summed E-state index contributed by atoms with van der Waals surface area (Å²) in [4.78, 5) is 31.0. The van der Waals surface area contributed by atoms with Crippen LogP contribution in [0.5, 0.6) is 0 Å². The zero-order valence-corrected chi connectivity index (χ0v) is 26.6. The largest absolute Gasteiger partial charge is 0.387 e. The molecule has 0 aliphatic carbocycles. The lowest BCUT2D eigenvalue weighted by Gasteiger charge is -2.25. The maximum Gasteiger partial charge on any atom is 0.386 e. The van der Waals surface area contributed by atoms with Crippen molar-refractivity contribution in [2.45, 2.75) is 49.0 Å². The number of nitrogens with one attached hydrogen (secondary N) is 1. The molecule has 19 nitrogen and oxygen atoms in total. The van der Waals surface area contributed by atoms with Crippen molar-refractivity contribution in [3.8, 4) is 0 Å². The van der Waals surface area contributed by atoms with Gasteiger partial charge in [0.1, 0.15) is 54.0 Å². The number of H-pyrrole nitrogens is 1. The highest BCUT2D eigenvalue weighted by Crippen LogP contribution is 2.60. The summed E-state index contributed by atoms with van der Waals surface area (Å²) in [6.07, 6.45) is -9.68. The van der Waals surface area contributed by atoms with Gasteiger partial charge in [-0.05, 0) is 11.5 Å². The number of aromatic amines is 1. The second-order valence-electron chi connectivity index (χ2n) is 10.0. The van der Waals surface area contributed by atoms with Crippen LogP contribution < -0.4 is 17.0 Å². The van der Waals surface area contributed by atoms with Gasteiger partial charge in [-0.2, -0.15) is 4.37 Å². The van der Waals surface area contributed by atoms with Crippen molar-refractivity contribution in [3.05, 3.63) is 27.9 Å². The SMILES string of the molecule is Nc1nc2c([C@@H]3O[C@@H]4CO[P@@](=O)(S)O[C@H]5[C@@H](F)[C@H](n6cnc7c(N)ncnc76)O[C@@H]5COP(=O)(S)O[C@@H]3[C@@H]4O)snc2c(=O)[nH]1. The van der Waals surface area contributed by atoms with E-state index in [1.54, 1.807) is 0 Å². The number of halogens is 1. The molecule has 0 radical (unpaired) electrons. The van der Waals surface area contributed by atoms with E-state index in [1.165, 1.54) is 10.9 Å². The van der Waals surface area contributed by atoms with Gasteiger partial charge in [-0.15, -0.1) is 0 Å². The minimum Gasteiger partial charge on any atom is -0.387 e. The lowest BCUT2D eigenvalue weighted by molar-refractivity contribution is -0.0453. The summed E-state index contributed by atoms with van der Waals surface area (Å²) in [6, 6.07) is 0. The van der Waals surface area contributed by atoms with Crippen molar-refractivity contribution in [2.24, 2.45) is 0 Å². The second kappa shape index (κ2) is 11.5. The highest BCUT2D eigenvalue weighted by atomic mass is 32.7. The third kappa shape index (κ3) is 5.68. The summed E-state index contributed by atoms with van der Waals surface area (Å²) >= 11 is 8.86. The highest BCUT2D eigenvalue weighted by Gasteiger charge is 2.54.